The van der Waals surface area contributed by atoms with Gasteiger partial charge in [-0.15, -0.1) is 0 Å². The number of ether oxygens (including phenoxy) is 1. The fraction of sp³-hybridized carbons (Fsp3) is 0.455. The quantitative estimate of drug-likeness (QED) is 0.833. The maximum atomic E-state index is 13.5. The Labute approximate surface area is 87.0 Å². The van der Waals surface area contributed by atoms with Crippen LogP contribution in [-0.2, 0) is 0 Å². The summed E-state index contributed by atoms with van der Waals surface area (Å²) in [6.45, 7) is 0.532. The minimum absolute atomic E-state index is 0.0885. The Kier molecular flexibility index (Phi) is 2.61. The molecule has 1 aromatic rings. The zero-order valence-corrected chi connectivity index (χ0v) is 8.47. The average Bonchev–Trinajstić information content (AvgIpc) is 2.95. The predicted molar refractivity (Wildman–Crippen MR) is 52.8 cm³/mol. The number of halogens is 2. The standard InChI is InChI=1S/C11H13F2NO/c1-15-10-4-7(12)3-9(13)11(10)8-2-6(8)5-14/h3-4,6,8H,2,5,14H2,1H3. The summed E-state index contributed by atoms with van der Waals surface area (Å²) >= 11 is 0. The number of rotatable bonds is 3. The van der Waals surface area contributed by atoms with Crippen LogP contribution in [0.5, 0.6) is 5.75 Å². The molecule has 1 aliphatic carbocycles. The van der Waals surface area contributed by atoms with Crippen molar-refractivity contribution in [1.29, 1.82) is 0 Å². The smallest absolute Gasteiger partial charge is 0.133 e. The van der Waals surface area contributed by atoms with Crippen LogP contribution in [0.3, 0.4) is 0 Å². The SMILES string of the molecule is COc1cc(F)cc(F)c1C1CC1CN. The minimum atomic E-state index is -0.613. The average molecular weight is 213 g/mol. The number of hydrogen-bond acceptors (Lipinski definition) is 2. The molecule has 1 fully saturated rings. The summed E-state index contributed by atoms with van der Waals surface area (Å²) in [6, 6.07) is 2.11. The van der Waals surface area contributed by atoms with Crippen LogP contribution in [0.4, 0.5) is 8.78 Å². The molecule has 0 spiro atoms. The summed E-state index contributed by atoms with van der Waals surface area (Å²) in [4.78, 5) is 0. The predicted octanol–water partition coefficient (Wildman–Crippen LogP) is 2.04. The van der Waals surface area contributed by atoms with E-state index in [0.717, 1.165) is 12.5 Å². The van der Waals surface area contributed by atoms with E-state index in [4.69, 9.17) is 10.5 Å². The van der Waals surface area contributed by atoms with Crippen LogP contribution in [0.2, 0.25) is 0 Å². The molecule has 2 N–H and O–H groups in total. The Balaban J connectivity index is 2.37. The molecule has 15 heavy (non-hydrogen) atoms. The third kappa shape index (κ3) is 1.81. The minimum Gasteiger partial charge on any atom is -0.496 e. The van der Waals surface area contributed by atoms with Crippen LogP contribution in [0.25, 0.3) is 0 Å². The van der Waals surface area contributed by atoms with Crippen molar-refractivity contribution >= 4 is 0 Å². The third-order valence-corrected chi connectivity index (χ3v) is 2.87. The number of methoxy groups -OCH3 is 1. The van der Waals surface area contributed by atoms with E-state index in [9.17, 15) is 8.78 Å². The van der Waals surface area contributed by atoms with Crippen molar-refractivity contribution in [2.45, 2.75) is 12.3 Å². The molecular weight excluding hydrogens is 200 g/mol. The van der Waals surface area contributed by atoms with E-state index in [2.05, 4.69) is 0 Å². The lowest BCUT2D eigenvalue weighted by Crippen LogP contribution is -2.04. The fourth-order valence-electron chi connectivity index (χ4n) is 1.95. The second kappa shape index (κ2) is 3.77. The largest absolute Gasteiger partial charge is 0.496 e. The summed E-state index contributed by atoms with van der Waals surface area (Å²) < 4.78 is 31.4. The Hall–Kier alpha value is -1.16. The molecule has 2 atom stereocenters. The fourth-order valence-corrected chi connectivity index (χ4v) is 1.95. The first-order chi connectivity index (χ1) is 7.17. The van der Waals surface area contributed by atoms with Crippen molar-refractivity contribution in [2.24, 2.45) is 11.7 Å². The van der Waals surface area contributed by atoms with Crippen LogP contribution in [0.15, 0.2) is 12.1 Å². The topological polar surface area (TPSA) is 35.2 Å². The molecule has 2 nitrogen and oxygen atoms in total. The van der Waals surface area contributed by atoms with Crippen LogP contribution in [-0.4, -0.2) is 13.7 Å². The molecule has 2 rings (SSSR count). The van der Waals surface area contributed by atoms with Gasteiger partial charge in [0.1, 0.15) is 17.4 Å². The van der Waals surface area contributed by atoms with E-state index in [0.29, 0.717) is 18.0 Å². The van der Waals surface area contributed by atoms with Crippen molar-refractivity contribution in [3.05, 3.63) is 29.3 Å². The molecule has 0 radical (unpaired) electrons. The monoisotopic (exact) mass is 213 g/mol. The van der Waals surface area contributed by atoms with Crippen molar-refractivity contribution in [3.8, 4) is 5.75 Å². The first kappa shape index (κ1) is 10.4. The van der Waals surface area contributed by atoms with Gasteiger partial charge in [0.2, 0.25) is 0 Å². The molecule has 1 aromatic carbocycles. The number of benzene rings is 1. The van der Waals surface area contributed by atoms with Gasteiger partial charge in [0, 0.05) is 17.7 Å². The van der Waals surface area contributed by atoms with Gasteiger partial charge < -0.3 is 10.5 Å². The van der Waals surface area contributed by atoms with Gasteiger partial charge in [-0.1, -0.05) is 0 Å². The lowest BCUT2D eigenvalue weighted by molar-refractivity contribution is 0.399. The van der Waals surface area contributed by atoms with Gasteiger partial charge in [-0.3, -0.25) is 0 Å². The molecule has 0 bridgehead atoms. The van der Waals surface area contributed by atoms with Gasteiger partial charge in [0.25, 0.3) is 0 Å². The van der Waals surface area contributed by atoms with E-state index >= 15 is 0 Å². The normalized spacial score (nSPS) is 24.0. The molecule has 1 aliphatic rings. The summed E-state index contributed by atoms with van der Waals surface area (Å²) in [7, 11) is 1.41. The lowest BCUT2D eigenvalue weighted by Gasteiger charge is -2.09. The Morgan fingerprint density at radius 2 is 2.20 bits per heavy atom. The zero-order valence-electron chi connectivity index (χ0n) is 8.47. The van der Waals surface area contributed by atoms with Crippen LogP contribution >= 0.6 is 0 Å². The summed E-state index contributed by atoms with van der Waals surface area (Å²) in [6.07, 6.45) is 0.857. The van der Waals surface area contributed by atoms with E-state index in [1.807, 2.05) is 0 Å². The van der Waals surface area contributed by atoms with E-state index < -0.39 is 11.6 Å². The van der Waals surface area contributed by atoms with E-state index in [1.54, 1.807) is 0 Å². The van der Waals surface area contributed by atoms with Crippen molar-refractivity contribution in [2.75, 3.05) is 13.7 Å². The second-order valence-corrected chi connectivity index (χ2v) is 3.84. The van der Waals surface area contributed by atoms with Crippen molar-refractivity contribution in [3.63, 3.8) is 0 Å². The Morgan fingerprint density at radius 1 is 1.47 bits per heavy atom. The highest BCUT2D eigenvalue weighted by molar-refractivity contribution is 5.41. The second-order valence-electron chi connectivity index (χ2n) is 3.84. The first-order valence-electron chi connectivity index (χ1n) is 4.90. The van der Waals surface area contributed by atoms with Crippen LogP contribution in [0, 0.1) is 17.6 Å². The van der Waals surface area contributed by atoms with E-state index in [-0.39, 0.29) is 11.7 Å². The highest BCUT2D eigenvalue weighted by Gasteiger charge is 2.40. The van der Waals surface area contributed by atoms with Gasteiger partial charge in [-0.05, 0) is 24.8 Å². The maximum absolute atomic E-state index is 13.5. The Morgan fingerprint density at radius 3 is 2.73 bits per heavy atom. The molecule has 0 amide bonds. The number of hydrogen-bond donors (Lipinski definition) is 1. The van der Waals surface area contributed by atoms with Gasteiger partial charge >= 0.3 is 0 Å². The molecule has 1 saturated carbocycles. The Bertz CT molecular complexity index is 381. The summed E-state index contributed by atoms with van der Waals surface area (Å²) in [5, 5.41) is 0. The molecule has 0 aromatic heterocycles. The van der Waals surface area contributed by atoms with Crippen LogP contribution < -0.4 is 10.5 Å². The first-order valence-corrected chi connectivity index (χ1v) is 4.90. The molecular formula is C11H13F2NO. The third-order valence-electron chi connectivity index (χ3n) is 2.87. The van der Waals surface area contributed by atoms with Crippen LogP contribution in [0.1, 0.15) is 17.9 Å². The molecule has 0 heterocycles. The lowest BCUT2D eigenvalue weighted by atomic mass is 10.1. The molecule has 82 valence electrons. The molecule has 2 unspecified atom stereocenters. The highest BCUT2D eigenvalue weighted by Crippen LogP contribution is 2.50. The molecule has 0 aliphatic heterocycles. The van der Waals surface area contributed by atoms with Crippen molar-refractivity contribution < 1.29 is 13.5 Å². The number of nitrogens with two attached hydrogens (primary N) is 1. The molecule has 4 heteroatoms. The zero-order chi connectivity index (χ0) is 11.0. The van der Waals surface area contributed by atoms with E-state index in [1.165, 1.54) is 13.2 Å². The van der Waals surface area contributed by atoms with Gasteiger partial charge in [-0.25, -0.2) is 8.78 Å². The summed E-state index contributed by atoms with van der Waals surface area (Å²) in [5.74, 6) is -0.469. The van der Waals surface area contributed by atoms with Crippen molar-refractivity contribution in [1.82, 2.24) is 0 Å². The maximum Gasteiger partial charge on any atom is 0.133 e. The van der Waals surface area contributed by atoms with Gasteiger partial charge in [-0.2, -0.15) is 0 Å². The highest BCUT2D eigenvalue weighted by atomic mass is 19.1. The van der Waals surface area contributed by atoms with Gasteiger partial charge in [0.05, 0.1) is 7.11 Å². The molecule has 0 saturated heterocycles. The van der Waals surface area contributed by atoms with Gasteiger partial charge in [0.15, 0.2) is 0 Å². The summed E-state index contributed by atoms with van der Waals surface area (Å²) in [5.41, 5.74) is 5.96.